The monoisotopic (exact) mass is 1580 g/mol. The zero-order valence-electron chi connectivity index (χ0n) is 72.3. The van der Waals surface area contributed by atoms with E-state index in [9.17, 15) is 0 Å². The highest BCUT2D eigenvalue weighted by atomic mass is 16.5. The van der Waals surface area contributed by atoms with Crippen molar-refractivity contribution in [1.82, 2.24) is 0 Å². The highest BCUT2D eigenvalue weighted by Crippen LogP contribution is 2.65. The lowest BCUT2D eigenvalue weighted by Crippen LogP contribution is -2.32. The van der Waals surface area contributed by atoms with E-state index in [2.05, 4.69) is 289 Å². The number of rotatable bonds is 10. The van der Waals surface area contributed by atoms with Gasteiger partial charge in [-0.1, -0.05) is 234 Å². The molecule has 0 saturated carbocycles. The van der Waals surface area contributed by atoms with Crippen molar-refractivity contribution >= 4 is 259 Å². The molecule has 0 amide bonds. The van der Waals surface area contributed by atoms with E-state index in [1.54, 1.807) is 0 Å². The molecule has 584 valence electrons. The van der Waals surface area contributed by atoms with Crippen molar-refractivity contribution in [2.45, 2.75) is 153 Å². The summed E-state index contributed by atoms with van der Waals surface area (Å²) in [5.41, 5.74) is 18.9. The van der Waals surface area contributed by atoms with Gasteiger partial charge < -0.3 is 4.74 Å². The first-order chi connectivity index (χ1) is 60.5. The summed E-state index contributed by atoms with van der Waals surface area (Å²) in [6, 6.07) is 74.0. The van der Waals surface area contributed by atoms with Gasteiger partial charge in [-0.05, 0) is 433 Å². The molecular formula is C123H86O. The Morgan fingerprint density at radius 1 is 0.202 bits per heavy atom. The SMILES string of the molecule is CCCCCCC1(CCCCCC)c2cccc(C#Cc3cc4c5cc(C)cc6c7cc(C)cc8c9cc(C)cc%10c%11cc(C)cc%12c%13cc(C)cc%14c(c3)c4c3c(c65)c(c87)c(c9%10)c(c%11%12)c3c%13%14)c2Oc2c(C#Cc3cc4c5cc(C)cc6c7cc(C)cc8c9cc(C)cc%10c%11cc(C)cc%12c%13cc(C)cc%14c(c3)c4c3c(c65)c(c87)c(c9%10)c(c%11%12)c3c%13%14)cccc21. The van der Waals surface area contributed by atoms with Gasteiger partial charge >= 0.3 is 0 Å². The maximum Gasteiger partial charge on any atom is 0.147 e. The van der Waals surface area contributed by atoms with Crippen LogP contribution in [0.1, 0.15) is 167 Å². The lowest BCUT2D eigenvalue weighted by Gasteiger charge is -2.41. The summed E-state index contributed by atoms with van der Waals surface area (Å²) in [5, 5.41) is 65.9. The summed E-state index contributed by atoms with van der Waals surface area (Å²) < 4.78 is 7.90. The van der Waals surface area contributed by atoms with Crippen molar-refractivity contribution in [3.8, 4) is 35.2 Å². The van der Waals surface area contributed by atoms with Gasteiger partial charge in [-0.25, -0.2) is 0 Å². The Hall–Kier alpha value is -13.6. The van der Waals surface area contributed by atoms with Crippen LogP contribution >= 0.6 is 0 Å². The van der Waals surface area contributed by atoms with E-state index in [0.717, 1.165) is 59.4 Å². The zero-order chi connectivity index (χ0) is 82.4. The van der Waals surface area contributed by atoms with Gasteiger partial charge in [-0.3, -0.25) is 0 Å². The number of para-hydroxylation sites is 2. The Kier molecular flexibility index (Phi) is 12.9. The van der Waals surface area contributed by atoms with Gasteiger partial charge in [0.15, 0.2) is 0 Å². The Morgan fingerprint density at radius 3 is 0.556 bits per heavy atom. The van der Waals surface area contributed by atoms with Gasteiger partial charge in [0.2, 0.25) is 0 Å². The first-order valence-electron chi connectivity index (χ1n) is 45.9. The molecule has 0 N–H and O–H groups in total. The van der Waals surface area contributed by atoms with Crippen LogP contribution in [0.5, 0.6) is 11.5 Å². The van der Waals surface area contributed by atoms with E-state index in [4.69, 9.17) is 4.74 Å². The molecule has 0 unspecified atom stereocenters. The highest BCUT2D eigenvalue weighted by Gasteiger charge is 2.44. The maximum atomic E-state index is 7.90. The fourth-order valence-electron chi connectivity index (χ4n) is 27.3. The van der Waals surface area contributed by atoms with Gasteiger partial charge in [-0.15, -0.1) is 0 Å². The van der Waals surface area contributed by atoms with Gasteiger partial charge in [0.05, 0.1) is 11.1 Å². The van der Waals surface area contributed by atoms with Crippen LogP contribution in [0.25, 0.3) is 259 Å². The molecule has 0 radical (unpaired) electrons. The Morgan fingerprint density at radius 2 is 0.379 bits per heavy atom. The van der Waals surface area contributed by atoms with Crippen molar-refractivity contribution in [2.24, 2.45) is 0 Å². The fourth-order valence-corrected chi connectivity index (χ4v) is 27.3. The molecule has 0 spiro atoms. The predicted molar refractivity (Wildman–Crippen MR) is 538 cm³/mol. The summed E-state index contributed by atoms with van der Waals surface area (Å²) in [6.07, 6.45) is 11.4. The van der Waals surface area contributed by atoms with Crippen LogP contribution in [0.3, 0.4) is 0 Å². The molecule has 0 bridgehead atoms. The molecule has 0 aliphatic carbocycles. The summed E-state index contributed by atoms with van der Waals surface area (Å²) >= 11 is 0. The zero-order valence-corrected chi connectivity index (χ0v) is 72.3. The van der Waals surface area contributed by atoms with Gasteiger partial charge in [0.1, 0.15) is 11.5 Å². The first kappa shape index (κ1) is 69.0. The fraction of sp³-hybridized carbons (Fsp3) is 0.187. The standard InChI is InChI=1S/C123H86O/c1-13-15-17-19-31-123(32-20-18-16-14-2)95-25-21-23-69(29-27-67-53-91-87-49-63(9)45-83-79-41-59(5)37-75-71-33-57(3)34-72-76-38-60(6)42-80-84-46-64(10)50-88-92(54-67)107(91)119-115(103(83)87)111(99(75)79)109(97(71)72)112(100(76)80)116(119)104(84)88)121(95)124-122-70(24-22-26-96(122)123)30-28-68-55-93-89-51-65(11)47-85-81-43-61(7)39-77-73-35-58(4)36-74-78-40-62(8)44-82-86-48-66(12)52-90-94(56-68)108(93)120-117(105(85)89)113(101(77)81)110(98(73)74)114(102(78)82)118(120)106(86)90/h21-26,33-56H,13-20,31-32H2,1-12H3. The van der Waals surface area contributed by atoms with Crippen LogP contribution in [0.15, 0.2) is 182 Å². The van der Waals surface area contributed by atoms with E-state index < -0.39 is 0 Å². The minimum absolute atomic E-state index is 0.348. The molecule has 1 heterocycles. The third-order valence-corrected chi connectivity index (χ3v) is 31.4. The average Bonchev–Trinajstić information content (AvgIpc) is 0.645. The molecule has 0 fully saturated rings. The smallest absolute Gasteiger partial charge is 0.147 e. The summed E-state index contributed by atoms with van der Waals surface area (Å²) in [5.74, 6) is 17.9. The molecular weight excluding hydrogens is 1490 g/mol. The van der Waals surface area contributed by atoms with Crippen molar-refractivity contribution in [3.05, 3.63) is 271 Å². The number of benzene rings is 28. The molecule has 124 heavy (non-hydrogen) atoms. The van der Waals surface area contributed by atoms with Gasteiger partial charge in [0, 0.05) is 27.7 Å². The predicted octanol–water partition coefficient (Wildman–Crippen LogP) is 34.8. The Labute approximate surface area is 717 Å². The molecule has 1 heteroatoms. The second-order valence-corrected chi connectivity index (χ2v) is 39.4. The van der Waals surface area contributed by atoms with Crippen LogP contribution in [-0.2, 0) is 5.41 Å². The van der Waals surface area contributed by atoms with Crippen molar-refractivity contribution < 1.29 is 4.74 Å². The molecule has 1 aliphatic rings. The average molecular weight is 1580 g/mol. The number of hydrogen-bond acceptors (Lipinski definition) is 1. The Balaban J connectivity index is 0.673. The summed E-state index contributed by atoms with van der Waals surface area (Å²) in [4.78, 5) is 0. The third kappa shape index (κ3) is 8.21. The van der Waals surface area contributed by atoms with Crippen molar-refractivity contribution in [2.75, 3.05) is 0 Å². The number of ether oxygens (including phenoxy) is 1. The minimum Gasteiger partial charge on any atom is -0.454 e. The minimum atomic E-state index is -0.348. The van der Waals surface area contributed by atoms with Crippen LogP contribution < -0.4 is 4.74 Å². The van der Waals surface area contributed by atoms with E-state index in [-0.39, 0.29) is 5.41 Å². The quantitative estimate of drug-likeness (QED) is 0.0574. The van der Waals surface area contributed by atoms with Crippen LogP contribution in [0.4, 0.5) is 0 Å². The topological polar surface area (TPSA) is 9.23 Å². The maximum absolute atomic E-state index is 7.90. The Bertz CT molecular complexity index is 8840. The lowest BCUT2D eigenvalue weighted by atomic mass is 9.65. The van der Waals surface area contributed by atoms with Gasteiger partial charge in [-0.2, -0.15) is 0 Å². The van der Waals surface area contributed by atoms with Crippen molar-refractivity contribution in [3.63, 3.8) is 0 Å². The van der Waals surface area contributed by atoms with E-state index in [0.29, 0.717) is 0 Å². The molecule has 1 nitrogen and oxygen atoms in total. The van der Waals surface area contributed by atoms with E-state index in [1.807, 2.05) is 0 Å². The number of aryl methyl sites for hydroxylation is 10. The van der Waals surface area contributed by atoms with E-state index >= 15 is 0 Å². The molecule has 28 aromatic rings. The lowest BCUT2D eigenvalue weighted by molar-refractivity contribution is 0.336. The number of unbranched alkanes of at least 4 members (excludes halogenated alkanes) is 6. The van der Waals surface area contributed by atoms with E-state index in [1.165, 1.54) is 364 Å². The largest absolute Gasteiger partial charge is 0.454 e. The van der Waals surface area contributed by atoms with Crippen molar-refractivity contribution in [1.29, 1.82) is 0 Å². The summed E-state index contributed by atoms with van der Waals surface area (Å²) in [6.45, 7) is 27.9. The molecule has 0 aromatic heterocycles. The van der Waals surface area contributed by atoms with Crippen LogP contribution in [0.2, 0.25) is 0 Å². The second kappa shape index (κ2) is 23.2. The second-order valence-electron chi connectivity index (χ2n) is 39.4. The number of fused-ring (bicyclic) bond motifs is 14. The van der Waals surface area contributed by atoms with Gasteiger partial charge in [0.25, 0.3) is 0 Å². The summed E-state index contributed by atoms with van der Waals surface area (Å²) in [7, 11) is 0. The molecule has 28 aromatic carbocycles. The van der Waals surface area contributed by atoms with Crippen LogP contribution in [0, 0.1) is 92.9 Å². The normalized spacial score (nSPS) is 13.8. The van der Waals surface area contributed by atoms with Crippen LogP contribution in [-0.4, -0.2) is 0 Å². The molecule has 0 saturated heterocycles. The third-order valence-electron chi connectivity index (χ3n) is 31.4. The molecule has 29 rings (SSSR count). The highest BCUT2D eigenvalue weighted by molar-refractivity contribution is 6.64. The first-order valence-corrected chi connectivity index (χ1v) is 45.9. The molecule has 1 aliphatic heterocycles. The molecule has 0 atom stereocenters. The number of hydrogen-bond donors (Lipinski definition) is 0.